The molecule has 0 bridgehead atoms. The molecule has 0 aromatic carbocycles. The van der Waals surface area contributed by atoms with E-state index >= 15 is 0 Å². The number of nitrogens with two attached hydrogens (primary N) is 1. The van der Waals surface area contributed by atoms with Gasteiger partial charge in [0.05, 0.1) is 12.7 Å². The molecule has 2 aliphatic rings. The summed E-state index contributed by atoms with van der Waals surface area (Å²) in [7, 11) is 0. The van der Waals surface area contributed by atoms with E-state index in [1.807, 2.05) is 0 Å². The summed E-state index contributed by atoms with van der Waals surface area (Å²) in [6.45, 7) is 2.69. The molecule has 3 nitrogen and oxygen atoms in total. The van der Waals surface area contributed by atoms with Crippen molar-refractivity contribution in [3.8, 4) is 0 Å². The van der Waals surface area contributed by atoms with Crippen LogP contribution in [0.5, 0.6) is 0 Å². The van der Waals surface area contributed by atoms with E-state index in [9.17, 15) is 0 Å². The highest BCUT2D eigenvalue weighted by molar-refractivity contribution is 4.99. The molecule has 11 heavy (non-hydrogen) atoms. The maximum Gasteiger partial charge on any atom is 0.0716 e. The molecule has 1 spiro atoms. The second-order valence-corrected chi connectivity index (χ2v) is 3.68. The van der Waals surface area contributed by atoms with Crippen LogP contribution in [0.3, 0.4) is 0 Å². The molecule has 2 heterocycles. The zero-order valence-electron chi connectivity index (χ0n) is 6.81. The van der Waals surface area contributed by atoms with Gasteiger partial charge in [-0.05, 0) is 25.8 Å². The Kier molecular flexibility index (Phi) is 1.87. The molecule has 0 aromatic heterocycles. The summed E-state index contributed by atoms with van der Waals surface area (Å²) in [5, 5.41) is 3.52. The number of hydrogen-bond acceptors (Lipinski definition) is 3. The normalized spacial score (nSPS) is 43.9. The highest BCUT2D eigenvalue weighted by Gasteiger charge is 2.41. The Morgan fingerprint density at radius 1 is 1.64 bits per heavy atom. The molecule has 2 atom stereocenters. The zero-order chi connectivity index (χ0) is 7.73. The molecule has 64 valence electrons. The van der Waals surface area contributed by atoms with Gasteiger partial charge in [-0.1, -0.05) is 0 Å². The van der Waals surface area contributed by atoms with E-state index in [0.29, 0.717) is 18.2 Å². The average Bonchev–Trinajstić information content (AvgIpc) is 2.62. The molecule has 0 aromatic rings. The van der Waals surface area contributed by atoms with E-state index in [1.165, 1.54) is 12.8 Å². The molecule has 0 saturated carbocycles. The lowest BCUT2D eigenvalue weighted by atomic mass is 9.94. The number of rotatable bonds is 1. The topological polar surface area (TPSA) is 47.3 Å². The van der Waals surface area contributed by atoms with Crippen LogP contribution in [-0.2, 0) is 4.74 Å². The standard InChI is InChI=1S/C8H16N2O/c9-5-7-4-8(6-11-7)2-1-3-10-8/h7,10H,1-6,9H2/t7-,8+/m1/s1. The van der Waals surface area contributed by atoms with Crippen molar-refractivity contribution in [3.05, 3.63) is 0 Å². The molecule has 2 rings (SSSR count). The molecular formula is C8H16N2O. The van der Waals surface area contributed by atoms with Gasteiger partial charge in [0, 0.05) is 12.1 Å². The van der Waals surface area contributed by atoms with E-state index in [0.717, 1.165) is 19.6 Å². The van der Waals surface area contributed by atoms with Crippen LogP contribution in [0, 0.1) is 0 Å². The molecule has 2 fully saturated rings. The monoisotopic (exact) mass is 156 g/mol. The van der Waals surface area contributed by atoms with Crippen molar-refractivity contribution in [1.29, 1.82) is 0 Å². The van der Waals surface area contributed by atoms with Gasteiger partial charge in [-0.25, -0.2) is 0 Å². The van der Waals surface area contributed by atoms with E-state index in [-0.39, 0.29) is 0 Å². The van der Waals surface area contributed by atoms with Crippen molar-refractivity contribution >= 4 is 0 Å². The van der Waals surface area contributed by atoms with E-state index in [2.05, 4.69) is 5.32 Å². The first-order valence-corrected chi connectivity index (χ1v) is 4.41. The summed E-state index contributed by atoms with van der Waals surface area (Å²) in [6, 6.07) is 0. The second-order valence-electron chi connectivity index (χ2n) is 3.68. The average molecular weight is 156 g/mol. The van der Waals surface area contributed by atoms with Crippen LogP contribution in [0.4, 0.5) is 0 Å². The van der Waals surface area contributed by atoms with E-state index < -0.39 is 0 Å². The minimum atomic E-state index is 0.306. The van der Waals surface area contributed by atoms with Crippen LogP contribution in [-0.4, -0.2) is 31.3 Å². The molecule has 3 N–H and O–H groups in total. The lowest BCUT2D eigenvalue weighted by molar-refractivity contribution is 0.108. The zero-order valence-corrected chi connectivity index (χ0v) is 6.81. The third kappa shape index (κ3) is 1.28. The summed E-state index contributed by atoms with van der Waals surface area (Å²) >= 11 is 0. The van der Waals surface area contributed by atoms with Gasteiger partial charge >= 0.3 is 0 Å². The third-order valence-corrected chi connectivity index (χ3v) is 2.81. The van der Waals surface area contributed by atoms with Crippen molar-refractivity contribution in [2.75, 3.05) is 19.7 Å². The van der Waals surface area contributed by atoms with Crippen molar-refractivity contribution in [1.82, 2.24) is 5.32 Å². The Bertz CT molecular complexity index is 143. The Labute approximate surface area is 67.3 Å². The summed E-state index contributed by atoms with van der Waals surface area (Å²) in [5.74, 6) is 0. The molecule has 0 amide bonds. The number of ether oxygens (including phenoxy) is 1. The van der Waals surface area contributed by atoms with Crippen LogP contribution in [0.25, 0.3) is 0 Å². The predicted molar refractivity (Wildman–Crippen MR) is 43.4 cm³/mol. The Morgan fingerprint density at radius 2 is 2.55 bits per heavy atom. The molecule has 0 aliphatic carbocycles. The van der Waals surface area contributed by atoms with Gasteiger partial charge in [-0.2, -0.15) is 0 Å². The number of nitrogens with one attached hydrogen (secondary N) is 1. The molecule has 0 radical (unpaired) electrons. The Hall–Kier alpha value is -0.120. The first-order valence-electron chi connectivity index (χ1n) is 4.41. The van der Waals surface area contributed by atoms with Gasteiger partial charge in [0.15, 0.2) is 0 Å². The maximum absolute atomic E-state index is 5.55. The molecule has 2 aliphatic heterocycles. The summed E-state index contributed by atoms with van der Waals surface area (Å²) < 4.78 is 5.55. The van der Waals surface area contributed by atoms with Crippen LogP contribution in [0.15, 0.2) is 0 Å². The quantitative estimate of drug-likeness (QED) is 0.555. The molecular weight excluding hydrogens is 140 g/mol. The molecule has 2 saturated heterocycles. The SMILES string of the molecule is NC[C@H]1C[C@@]2(CCCN2)CO1. The van der Waals surface area contributed by atoms with Gasteiger partial charge in [-0.3, -0.25) is 0 Å². The highest BCUT2D eigenvalue weighted by atomic mass is 16.5. The molecule has 0 unspecified atom stereocenters. The van der Waals surface area contributed by atoms with E-state index in [1.54, 1.807) is 0 Å². The minimum Gasteiger partial charge on any atom is -0.375 e. The van der Waals surface area contributed by atoms with E-state index in [4.69, 9.17) is 10.5 Å². The van der Waals surface area contributed by atoms with Crippen LogP contribution < -0.4 is 11.1 Å². The highest BCUT2D eigenvalue weighted by Crippen LogP contribution is 2.31. The maximum atomic E-state index is 5.55. The lowest BCUT2D eigenvalue weighted by Crippen LogP contribution is -2.40. The summed E-state index contributed by atoms with van der Waals surface area (Å²) in [5.41, 5.74) is 5.84. The van der Waals surface area contributed by atoms with Gasteiger partial charge in [0.1, 0.15) is 0 Å². The fraction of sp³-hybridized carbons (Fsp3) is 1.00. The van der Waals surface area contributed by atoms with Crippen LogP contribution in [0.1, 0.15) is 19.3 Å². The van der Waals surface area contributed by atoms with Crippen molar-refractivity contribution < 1.29 is 4.74 Å². The fourth-order valence-corrected chi connectivity index (χ4v) is 2.15. The smallest absolute Gasteiger partial charge is 0.0716 e. The number of hydrogen-bond donors (Lipinski definition) is 2. The first-order chi connectivity index (χ1) is 5.35. The minimum absolute atomic E-state index is 0.306. The first kappa shape index (κ1) is 7.53. The van der Waals surface area contributed by atoms with Crippen molar-refractivity contribution in [2.24, 2.45) is 5.73 Å². The molecule has 3 heteroatoms. The van der Waals surface area contributed by atoms with Crippen molar-refractivity contribution in [3.63, 3.8) is 0 Å². The van der Waals surface area contributed by atoms with Gasteiger partial charge in [-0.15, -0.1) is 0 Å². The Morgan fingerprint density at radius 3 is 3.09 bits per heavy atom. The van der Waals surface area contributed by atoms with Crippen molar-refractivity contribution in [2.45, 2.75) is 30.9 Å². The predicted octanol–water partition coefficient (Wildman–Crippen LogP) is -0.144. The summed E-state index contributed by atoms with van der Waals surface area (Å²) in [6.07, 6.45) is 3.98. The Balaban J connectivity index is 1.96. The van der Waals surface area contributed by atoms with Gasteiger partial charge in [0.2, 0.25) is 0 Å². The van der Waals surface area contributed by atoms with Gasteiger partial charge in [0.25, 0.3) is 0 Å². The lowest BCUT2D eigenvalue weighted by Gasteiger charge is -2.20. The summed E-state index contributed by atoms with van der Waals surface area (Å²) in [4.78, 5) is 0. The second kappa shape index (κ2) is 2.73. The van der Waals surface area contributed by atoms with Crippen LogP contribution >= 0.6 is 0 Å². The van der Waals surface area contributed by atoms with Gasteiger partial charge < -0.3 is 15.8 Å². The van der Waals surface area contributed by atoms with Crippen LogP contribution in [0.2, 0.25) is 0 Å². The third-order valence-electron chi connectivity index (χ3n) is 2.81. The largest absolute Gasteiger partial charge is 0.375 e. The fourth-order valence-electron chi connectivity index (χ4n) is 2.15.